The molecule has 4 aromatic rings. The predicted octanol–water partition coefficient (Wildman–Crippen LogP) is 2.42. The van der Waals surface area contributed by atoms with Gasteiger partial charge < -0.3 is 19.6 Å². The van der Waals surface area contributed by atoms with Crippen LogP contribution in [0.4, 0.5) is 10.1 Å². The summed E-state index contributed by atoms with van der Waals surface area (Å²) in [4.78, 5) is 33.6. The number of hydrogen-bond acceptors (Lipinski definition) is 5. The molecular formula is C19H18FN5O3. The Hall–Kier alpha value is -3.46. The first kappa shape index (κ1) is 17.9. The second-order valence-corrected chi connectivity index (χ2v) is 6.71. The summed E-state index contributed by atoms with van der Waals surface area (Å²) in [6, 6.07) is 7.32. The normalized spacial score (nSPS) is 11.6. The molecule has 2 heterocycles. The molecular weight excluding hydrogens is 365 g/mol. The van der Waals surface area contributed by atoms with Crippen LogP contribution in [0.15, 0.2) is 45.9 Å². The number of oxazole rings is 1. The van der Waals surface area contributed by atoms with Crippen LogP contribution >= 0.6 is 0 Å². The number of amides is 1. The number of nitrogens with one attached hydrogen (secondary N) is 2. The van der Waals surface area contributed by atoms with E-state index in [1.807, 2.05) is 19.0 Å². The third-order valence-electron chi connectivity index (χ3n) is 4.43. The molecule has 0 atom stereocenters. The quantitative estimate of drug-likeness (QED) is 0.552. The number of aromatic amines is 1. The van der Waals surface area contributed by atoms with Gasteiger partial charge >= 0.3 is 5.76 Å². The lowest BCUT2D eigenvalue weighted by Gasteiger charge is -2.10. The zero-order chi connectivity index (χ0) is 19.8. The number of anilines is 1. The molecule has 0 bridgehead atoms. The van der Waals surface area contributed by atoms with Crippen LogP contribution in [-0.2, 0) is 6.54 Å². The molecule has 28 heavy (non-hydrogen) atoms. The van der Waals surface area contributed by atoms with Crippen molar-refractivity contribution in [2.24, 2.45) is 0 Å². The Bertz CT molecular complexity index is 1240. The molecule has 2 aromatic heterocycles. The zero-order valence-electron chi connectivity index (χ0n) is 15.3. The summed E-state index contributed by atoms with van der Waals surface area (Å²) in [5.41, 5.74) is 2.41. The van der Waals surface area contributed by atoms with Crippen LogP contribution < -0.4 is 11.1 Å². The minimum absolute atomic E-state index is 0.119. The molecule has 0 radical (unpaired) electrons. The number of halogens is 1. The standard InChI is InChI=1S/C19H18FN5O3/c1-24(2)5-6-25-15-9-12(3-4-16(15)28-19(25)27)23-18(26)13-7-11(20)8-14-17(13)22-10-21-14/h3-4,7-10H,5-6H2,1-2H3,(H,21,22)(H,23,26). The van der Waals surface area contributed by atoms with E-state index in [9.17, 15) is 14.0 Å². The summed E-state index contributed by atoms with van der Waals surface area (Å²) in [6.07, 6.45) is 1.40. The van der Waals surface area contributed by atoms with Crippen molar-refractivity contribution >= 4 is 33.7 Å². The number of rotatable bonds is 5. The number of likely N-dealkylation sites (N-methyl/N-ethyl adjacent to an activating group) is 1. The smallest absolute Gasteiger partial charge is 0.408 e. The van der Waals surface area contributed by atoms with E-state index < -0.39 is 17.5 Å². The number of aromatic nitrogens is 3. The molecule has 0 unspecified atom stereocenters. The highest BCUT2D eigenvalue weighted by molar-refractivity contribution is 6.11. The third-order valence-corrected chi connectivity index (χ3v) is 4.43. The maximum atomic E-state index is 13.8. The monoisotopic (exact) mass is 383 g/mol. The molecule has 0 saturated carbocycles. The van der Waals surface area contributed by atoms with Crippen molar-refractivity contribution < 1.29 is 13.6 Å². The molecule has 2 aromatic carbocycles. The van der Waals surface area contributed by atoms with Crippen molar-refractivity contribution in [3.8, 4) is 0 Å². The molecule has 1 amide bonds. The molecule has 0 aliphatic carbocycles. The van der Waals surface area contributed by atoms with Crippen molar-refractivity contribution in [1.82, 2.24) is 19.4 Å². The van der Waals surface area contributed by atoms with Crippen molar-refractivity contribution in [3.05, 3.63) is 58.6 Å². The number of H-pyrrole nitrogens is 1. The number of benzene rings is 2. The number of hydrogen-bond donors (Lipinski definition) is 2. The second kappa shape index (κ2) is 6.93. The number of imidazole rings is 1. The predicted molar refractivity (Wildman–Crippen MR) is 103 cm³/mol. The maximum Gasteiger partial charge on any atom is 0.419 e. The number of fused-ring (bicyclic) bond motifs is 2. The number of carbonyl (C=O) groups excluding carboxylic acids is 1. The van der Waals surface area contributed by atoms with Crippen LogP contribution in [0.1, 0.15) is 10.4 Å². The van der Waals surface area contributed by atoms with Gasteiger partial charge in [-0.15, -0.1) is 0 Å². The Morgan fingerprint density at radius 1 is 1.32 bits per heavy atom. The van der Waals surface area contributed by atoms with Crippen molar-refractivity contribution in [2.75, 3.05) is 26.0 Å². The fourth-order valence-electron chi connectivity index (χ4n) is 3.04. The zero-order valence-corrected chi connectivity index (χ0v) is 15.3. The van der Waals surface area contributed by atoms with Crippen LogP contribution in [-0.4, -0.2) is 46.0 Å². The summed E-state index contributed by atoms with van der Waals surface area (Å²) in [6.45, 7) is 1.11. The molecule has 0 spiro atoms. The van der Waals surface area contributed by atoms with Crippen LogP contribution in [0, 0.1) is 5.82 Å². The van der Waals surface area contributed by atoms with Crippen molar-refractivity contribution in [1.29, 1.82) is 0 Å². The van der Waals surface area contributed by atoms with Gasteiger partial charge in [0.05, 0.1) is 22.9 Å². The summed E-state index contributed by atoms with van der Waals surface area (Å²) in [5.74, 6) is -1.49. The fraction of sp³-hybridized carbons (Fsp3) is 0.211. The average Bonchev–Trinajstić information content (AvgIpc) is 3.22. The van der Waals surface area contributed by atoms with E-state index in [-0.39, 0.29) is 5.56 Å². The molecule has 4 rings (SSSR count). The van der Waals surface area contributed by atoms with E-state index in [1.54, 1.807) is 18.2 Å². The average molecular weight is 383 g/mol. The Balaban J connectivity index is 1.67. The first-order valence-electron chi connectivity index (χ1n) is 8.64. The highest BCUT2D eigenvalue weighted by Crippen LogP contribution is 2.22. The van der Waals surface area contributed by atoms with Gasteiger partial charge in [-0.3, -0.25) is 9.36 Å². The molecule has 144 valence electrons. The Morgan fingerprint density at radius 3 is 2.93 bits per heavy atom. The second-order valence-electron chi connectivity index (χ2n) is 6.71. The van der Waals surface area contributed by atoms with Gasteiger partial charge in [-0.25, -0.2) is 14.2 Å². The molecule has 2 N–H and O–H groups in total. The Labute approximate surface area is 158 Å². The molecule has 0 fully saturated rings. The summed E-state index contributed by atoms with van der Waals surface area (Å²) >= 11 is 0. The summed E-state index contributed by atoms with van der Waals surface area (Å²) < 4.78 is 20.6. The Morgan fingerprint density at radius 2 is 2.14 bits per heavy atom. The first-order valence-corrected chi connectivity index (χ1v) is 8.64. The van der Waals surface area contributed by atoms with E-state index in [4.69, 9.17) is 4.42 Å². The lowest BCUT2D eigenvalue weighted by molar-refractivity contribution is 0.102. The van der Waals surface area contributed by atoms with E-state index in [1.165, 1.54) is 17.0 Å². The van der Waals surface area contributed by atoms with Gasteiger partial charge in [-0.1, -0.05) is 0 Å². The number of carbonyl (C=O) groups is 1. The minimum Gasteiger partial charge on any atom is -0.408 e. The molecule has 0 aliphatic heterocycles. The van der Waals surface area contributed by atoms with Gasteiger partial charge in [-0.2, -0.15) is 0 Å². The molecule has 8 nitrogen and oxygen atoms in total. The van der Waals surface area contributed by atoms with E-state index in [2.05, 4.69) is 15.3 Å². The van der Waals surface area contributed by atoms with Crippen LogP contribution in [0.2, 0.25) is 0 Å². The molecule has 0 aliphatic rings. The van der Waals surface area contributed by atoms with Gasteiger partial charge in [0, 0.05) is 18.8 Å². The topological polar surface area (TPSA) is 96.2 Å². The van der Waals surface area contributed by atoms with Gasteiger partial charge in [0.15, 0.2) is 5.58 Å². The van der Waals surface area contributed by atoms with Crippen LogP contribution in [0.25, 0.3) is 22.1 Å². The van der Waals surface area contributed by atoms with Crippen LogP contribution in [0.5, 0.6) is 0 Å². The lowest BCUT2D eigenvalue weighted by atomic mass is 10.1. The van der Waals surface area contributed by atoms with Crippen molar-refractivity contribution in [2.45, 2.75) is 6.54 Å². The lowest BCUT2D eigenvalue weighted by Crippen LogP contribution is -2.23. The SMILES string of the molecule is CN(C)CCn1c(=O)oc2ccc(NC(=O)c3cc(F)cc4[nH]cnc34)cc21. The highest BCUT2D eigenvalue weighted by Gasteiger charge is 2.16. The van der Waals surface area contributed by atoms with Gasteiger partial charge in [-0.05, 0) is 44.4 Å². The van der Waals surface area contributed by atoms with E-state index >= 15 is 0 Å². The third kappa shape index (κ3) is 3.27. The fourth-order valence-corrected chi connectivity index (χ4v) is 3.04. The largest absolute Gasteiger partial charge is 0.419 e. The summed E-state index contributed by atoms with van der Waals surface area (Å²) in [5, 5.41) is 2.73. The van der Waals surface area contributed by atoms with E-state index in [0.29, 0.717) is 40.9 Å². The molecule has 9 heteroatoms. The minimum atomic E-state index is -0.537. The van der Waals surface area contributed by atoms with Crippen molar-refractivity contribution in [3.63, 3.8) is 0 Å². The van der Waals surface area contributed by atoms with Gasteiger partial charge in [0.25, 0.3) is 5.91 Å². The van der Waals surface area contributed by atoms with Gasteiger partial charge in [0.2, 0.25) is 0 Å². The first-order chi connectivity index (χ1) is 13.4. The maximum absolute atomic E-state index is 13.8. The molecule has 0 saturated heterocycles. The van der Waals surface area contributed by atoms with Gasteiger partial charge in [0.1, 0.15) is 11.3 Å². The van der Waals surface area contributed by atoms with Crippen LogP contribution in [0.3, 0.4) is 0 Å². The number of nitrogens with zero attached hydrogens (tertiary/aromatic N) is 3. The summed E-state index contributed by atoms with van der Waals surface area (Å²) in [7, 11) is 3.82. The highest BCUT2D eigenvalue weighted by atomic mass is 19.1. The Kier molecular flexibility index (Phi) is 4.44. The van der Waals surface area contributed by atoms with E-state index in [0.717, 1.165) is 6.07 Å².